The zero-order valence-electron chi connectivity index (χ0n) is 8.90. The van der Waals surface area contributed by atoms with Crippen LogP contribution in [0.15, 0.2) is 22.6 Å². The fourth-order valence-electron chi connectivity index (χ4n) is 1.42. The lowest BCUT2D eigenvalue weighted by molar-refractivity contribution is 0.501. The molecule has 0 unspecified atom stereocenters. The second kappa shape index (κ2) is 4.30. The average molecular weight is 221 g/mol. The first-order valence-electron chi connectivity index (χ1n) is 5.08. The summed E-state index contributed by atoms with van der Waals surface area (Å²) in [5.74, 6) is 0.445. The predicted molar refractivity (Wildman–Crippen MR) is 58.1 cm³/mol. The smallest absolute Gasteiger partial charge is 0.247 e. The molecule has 0 fully saturated rings. The number of halogens is 1. The molecule has 0 amide bonds. The Kier molecular flexibility index (Phi) is 2.85. The van der Waals surface area contributed by atoms with E-state index < -0.39 is 5.82 Å². The van der Waals surface area contributed by atoms with Gasteiger partial charge in [0.25, 0.3) is 0 Å². The van der Waals surface area contributed by atoms with Gasteiger partial charge in [-0.2, -0.15) is 0 Å². The standard InChI is InChI=1S/C11H12FN3O/c1-2-3-10-14-15-11(16-10)7-4-8(12)6-9(13)5-7/h4-6H,2-3,13H2,1H3. The van der Waals surface area contributed by atoms with Crippen LogP contribution in [0.2, 0.25) is 0 Å². The third kappa shape index (κ3) is 2.18. The van der Waals surface area contributed by atoms with Crippen molar-refractivity contribution in [1.82, 2.24) is 10.2 Å². The van der Waals surface area contributed by atoms with E-state index in [1.807, 2.05) is 6.92 Å². The van der Waals surface area contributed by atoms with Crippen LogP contribution >= 0.6 is 0 Å². The van der Waals surface area contributed by atoms with Crippen LogP contribution in [0.25, 0.3) is 11.5 Å². The fraction of sp³-hybridized carbons (Fsp3) is 0.273. The molecule has 2 aromatic rings. The molecule has 4 nitrogen and oxygen atoms in total. The van der Waals surface area contributed by atoms with E-state index in [4.69, 9.17) is 10.2 Å². The molecular formula is C11H12FN3O. The van der Waals surface area contributed by atoms with E-state index in [9.17, 15) is 4.39 Å². The van der Waals surface area contributed by atoms with Gasteiger partial charge >= 0.3 is 0 Å². The molecule has 1 heterocycles. The number of anilines is 1. The van der Waals surface area contributed by atoms with E-state index >= 15 is 0 Å². The van der Waals surface area contributed by atoms with Crippen molar-refractivity contribution in [1.29, 1.82) is 0 Å². The summed E-state index contributed by atoms with van der Waals surface area (Å²) in [6, 6.07) is 4.17. The van der Waals surface area contributed by atoms with Crippen LogP contribution in [-0.2, 0) is 6.42 Å². The molecule has 2 rings (SSSR count). The highest BCUT2D eigenvalue weighted by molar-refractivity contribution is 5.59. The maximum Gasteiger partial charge on any atom is 0.247 e. The van der Waals surface area contributed by atoms with E-state index in [2.05, 4.69) is 10.2 Å². The van der Waals surface area contributed by atoms with Crippen LogP contribution in [0.3, 0.4) is 0 Å². The Balaban J connectivity index is 2.34. The quantitative estimate of drug-likeness (QED) is 0.808. The van der Waals surface area contributed by atoms with Gasteiger partial charge in [-0.3, -0.25) is 0 Å². The Morgan fingerprint density at radius 1 is 1.31 bits per heavy atom. The Bertz CT molecular complexity index is 475. The van der Waals surface area contributed by atoms with E-state index in [1.54, 1.807) is 6.07 Å². The normalized spacial score (nSPS) is 10.6. The van der Waals surface area contributed by atoms with Crippen LogP contribution in [0.1, 0.15) is 19.2 Å². The number of nitrogens with two attached hydrogens (primary N) is 1. The van der Waals surface area contributed by atoms with Gasteiger partial charge in [0, 0.05) is 17.7 Å². The highest BCUT2D eigenvalue weighted by Gasteiger charge is 2.09. The molecule has 16 heavy (non-hydrogen) atoms. The van der Waals surface area contributed by atoms with Crippen molar-refractivity contribution in [3.8, 4) is 11.5 Å². The number of hydrogen-bond donors (Lipinski definition) is 1. The molecule has 0 spiro atoms. The van der Waals surface area contributed by atoms with Crippen LogP contribution < -0.4 is 5.73 Å². The molecule has 0 bridgehead atoms. The summed E-state index contributed by atoms with van der Waals surface area (Å²) >= 11 is 0. The van der Waals surface area contributed by atoms with Crippen LogP contribution in [0, 0.1) is 5.82 Å². The first-order chi connectivity index (χ1) is 7.69. The number of aryl methyl sites for hydroxylation is 1. The monoisotopic (exact) mass is 221 g/mol. The first kappa shape index (κ1) is 10.6. The summed E-state index contributed by atoms with van der Waals surface area (Å²) in [5, 5.41) is 7.71. The topological polar surface area (TPSA) is 64.9 Å². The summed E-state index contributed by atoms with van der Waals surface area (Å²) in [7, 11) is 0. The van der Waals surface area contributed by atoms with Gasteiger partial charge in [-0.25, -0.2) is 4.39 Å². The Hall–Kier alpha value is -1.91. The second-order valence-corrected chi connectivity index (χ2v) is 3.52. The van der Waals surface area contributed by atoms with Crippen molar-refractivity contribution in [3.63, 3.8) is 0 Å². The fourth-order valence-corrected chi connectivity index (χ4v) is 1.42. The SMILES string of the molecule is CCCc1nnc(-c2cc(N)cc(F)c2)o1. The second-order valence-electron chi connectivity index (χ2n) is 3.52. The van der Waals surface area contributed by atoms with Crippen molar-refractivity contribution >= 4 is 5.69 Å². The Labute approximate surface area is 92.3 Å². The summed E-state index contributed by atoms with van der Waals surface area (Å²) in [6.45, 7) is 2.02. The van der Waals surface area contributed by atoms with E-state index in [0.29, 0.717) is 23.0 Å². The molecule has 0 aliphatic carbocycles. The highest BCUT2D eigenvalue weighted by atomic mass is 19.1. The van der Waals surface area contributed by atoms with E-state index in [1.165, 1.54) is 12.1 Å². The molecule has 5 heteroatoms. The molecule has 0 saturated carbocycles. The average Bonchev–Trinajstić information content (AvgIpc) is 2.65. The zero-order valence-corrected chi connectivity index (χ0v) is 8.90. The molecule has 1 aromatic heterocycles. The van der Waals surface area contributed by atoms with Crippen LogP contribution in [-0.4, -0.2) is 10.2 Å². The summed E-state index contributed by atoms with van der Waals surface area (Å²) in [5.41, 5.74) is 6.38. The highest BCUT2D eigenvalue weighted by Crippen LogP contribution is 2.22. The summed E-state index contributed by atoms with van der Waals surface area (Å²) in [4.78, 5) is 0. The molecular weight excluding hydrogens is 209 g/mol. The first-order valence-corrected chi connectivity index (χ1v) is 5.08. The molecule has 0 aliphatic heterocycles. The number of hydrogen-bond acceptors (Lipinski definition) is 4. The number of nitrogen functional groups attached to an aromatic ring is 1. The lowest BCUT2D eigenvalue weighted by Crippen LogP contribution is -1.88. The minimum absolute atomic E-state index is 0.301. The molecule has 1 aromatic carbocycles. The number of benzene rings is 1. The number of nitrogens with zero attached hydrogens (tertiary/aromatic N) is 2. The molecule has 0 atom stereocenters. The molecule has 0 aliphatic rings. The van der Waals surface area contributed by atoms with Crippen molar-refractivity contribution < 1.29 is 8.81 Å². The Morgan fingerprint density at radius 3 is 2.81 bits per heavy atom. The van der Waals surface area contributed by atoms with Gasteiger partial charge in [0.1, 0.15) is 5.82 Å². The van der Waals surface area contributed by atoms with Gasteiger partial charge in [0.05, 0.1) is 0 Å². The van der Waals surface area contributed by atoms with Gasteiger partial charge in [-0.05, 0) is 24.6 Å². The summed E-state index contributed by atoms with van der Waals surface area (Å²) < 4.78 is 18.5. The molecule has 2 N–H and O–H groups in total. The van der Waals surface area contributed by atoms with Crippen molar-refractivity contribution in [2.45, 2.75) is 19.8 Å². The van der Waals surface area contributed by atoms with Crippen LogP contribution in [0.4, 0.5) is 10.1 Å². The number of rotatable bonds is 3. The summed E-state index contributed by atoms with van der Waals surface area (Å²) in [6.07, 6.45) is 1.64. The zero-order chi connectivity index (χ0) is 11.5. The van der Waals surface area contributed by atoms with Gasteiger partial charge < -0.3 is 10.2 Å². The van der Waals surface area contributed by atoms with Crippen molar-refractivity contribution in [2.75, 3.05) is 5.73 Å². The van der Waals surface area contributed by atoms with Crippen LogP contribution in [0.5, 0.6) is 0 Å². The minimum atomic E-state index is -0.412. The molecule has 0 saturated heterocycles. The Morgan fingerprint density at radius 2 is 2.12 bits per heavy atom. The van der Waals surface area contributed by atoms with Crippen molar-refractivity contribution in [2.24, 2.45) is 0 Å². The maximum atomic E-state index is 13.1. The lowest BCUT2D eigenvalue weighted by atomic mass is 10.2. The molecule has 0 radical (unpaired) electrons. The largest absolute Gasteiger partial charge is 0.421 e. The third-order valence-corrected chi connectivity index (χ3v) is 2.10. The van der Waals surface area contributed by atoms with Crippen molar-refractivity contribution in [3.05, 3.63) is 29.9 Å². The van der Waals surface area contributed by atoms with E-state index in [-0.39, 0.29) is 0 Å². The lowest BCUT2D eigenvalue weighted by Gasteiger charge is -1.97. The van der Waals surface area contributed by atoms with Gasteiger partial charge in [0.15, 0.2) is 0 Å². The maximum absolute atomic E-state index is 13.1. The van der Waals surface area contributed by atoms with Gasteiger partial charge in [-0.1, -0.05) is 6.92 Å². The van der Waals surface area contributed by atoms with E-state index in [0.717, 1.165) is 12.8 Å². The van der Waals surface area contributed by atoms with Gasteiger partial charge in [-0.15, -0.1) is 10.2 Å². The third-order valence-electron chi connectivity index (χ3n) is 2.10. The predicted octanol–water partition coefficient (Wildman–Crippen LogP) is 2.41. The minimum Gasteiger partial charge on any atom is -0.421 e. The molecule has 84 valence electrons. The number of aromatic nitrogens is 2. The van der Waals surface area contributed by atoms with Gasteiger partial charge in [0.2, 0.25) is 11.8 Å².